The molecule has 0 aliphatic carbocycles. The fraction of sp³-hybridized carbons (Fsp3) is 0.486. The van der Waals surface area contributed by atoms with E-state index in [1.54, 1.807) is 0 Å². The van der Waals surface area contributed by atoms with Gasteiger partial charge in [-0.15, -0.1) is 0 Å². The Kier molecular flexibility index (Phi) is 25.6. The number of carbonyl (C=O) groups excluding carboxylic acids is 1. The topological polar surface area (TPSA) is 41.8 Å². The summed E-state index contributed by atoms with van der Waals surface area (Å²) in [5.74, 6) is -0.0134. The first-order valence-electron chi connectivity index (χ1n) is 15.1. The van der Waals surface area contributed by atoms with E-state index in [2.05, 4.69) is 94.6 Å². The highest BCUT2D eigenvalue weighted by Gasteiger charge is 2.05. The zero-order chi connectivity index (χ0) is 30.8. The summed E-state index contributed by atoms with van der Waals surface area (Å²) in [5.41, 5.74) is 8.08. The number of hydrogen-bond donors (Lipinski definition) is 0. The van der Waals surface area contributed by atoms with Crippen LogP contribution in [0.25, 0.3) is 0 Å². The second kappa shape index (κ2) is 26.2. The van der Waals surface area contributed by atoms with Gasteiger partial charge in [-0.1, -0.05) is 118 Å². The molecule has 0 aliphatic rings. The van der Waals surface area contributed by atoms with Gasteiger partial charge < -0.3 is 0 Å². The fourth-order valence-corrected chi connectivity index (χ4v) is 3.46. The van der Waals surface area contributed by atoms with Crippen LogP contribution in [0.2, 0.25) is 0 Å². The highest BCUT2D eigenvalue weighted by atomic mass is 16.1. The van der Waals surface area contributed by atoms with Crippen molar-refractivity contribution in [2.45, 2.75) is 121 Å². The van der Waals surface area contributed by atoms with Gasteiger partial charge in [0, 0.05) is 18.8 Å². The SMILES string of the molecule is C=N/C(C(C)=O)=C(/C)CCc1ccccc1.CC.CCCCCCC(C)=N/C=C(\C)CC.Cc1ccc(C)cc1. The van der Waals surface area contributed by atoms with Gasteiger partial charge in [0.15, 0.2) is 5.78 Å². The molecule has 222 valence electrons. The van der Waals surface area contributed by atoms with Crippen molar-refractivity contribution in [1.82, 2.24) is 0 Å². The summed E-state index contributed by atoms with van der Waals surface area (Å²) < 4.78 is 0. The van der Waals surface area contributed by atoms with E-state index in [4.69, 9.17) is 0 Å². The quantitative estimate of drug-likeness (QED) is 0.148. The van der Waals surface area contributed by atoms with Crippen LogP contribution >= 0.6 is 0 Å². The van der Waals surface area contributed by atoms with Gasteiger partial charge in [-0.2, -0.15) is 0 Å². The van der Waals surface area contributed by atoms with Gasteiger partial charge in [-0.3, -0.25) is 14.8 Å². The van der Waals surface area contributed by atoms with E-state index in [-0.39, 0.29) is 5.78 Å². The summed E-state index contributed by atoms with van der Waals surface area (Å²) in [5, 5.41) is 0. The Bertz CT molecular complexity index is 991. The molecule has 0 amide bonds. The Balaban J connectivity index is 0. The lowest BCUT2D eigenvalue weighted by Gasteiger charge is -2.05. The van der Waals surface area contributed by atoms with E-state index in [0.717, 1.165) is 31.3 Å². The van der Waals surface area contributed by atoms with Crippen molar-refractivity contribution in [2.24, 2.45) is 9.98 Å². The van der Waals surface area contributed by atoms with Crippen molar-refractivity contribution in [2.75, 3.05) is 0 Å². The number of nitrogens with zero attached hydrogens (tertiary/aromatic N) is 2. The minimum absolute atomic E-state index is 0.0134. The maximum atomic E-state index is 11.2. The van der Waals surface area contributed by atoms with Gasteiger partial charge in [0.1, 0.15) is 5.70 Å². The number of Topliss-reactive ketones (excluding diaryl/α,β-unsaturated/α-hetero) is 1. The first-order chi connectivity index (χ1) is 19.1. The van der Waals surface area contributed by atoms with Gasteiger partial charge >= 0.3 is 0 Å². The molecule has 0 bridgehead atoms. The monoisotopic (exact) mass is 546 g/mol. The number of benzene rings is 2. The Morgan fingerprint density at radius 2 is 1.35 bits per heavy atom. The predicted octanol–water partition coefficient (Wildman–Crippen LogP) is 11.2. The molecular formula is C37H58N2O. The highest BCUT2D eigenvalue weighted by molar-refractivity contribution is 5.94. The summed E-state index contributed by atoms with van der Waals surface area (Å²) in [7, 11) is 0. The van der Waals surface area contributed by atoms with Gasteiger partial charge in [0.2, 0.25) is 0 Å². The molecule has 3 nitrogen and oxygen atoms in total. The summed E-state index contributed by atoms with van der Waals surface area (Å²) in [6.45, 7) is 23.8. The Hall–Kier alpha value is -3.07. The third kappa shape index (κ3) is 21.8. The summed E-state index contributed by atoms with van der Waals surface area (Å²) in [4.78, 5) is 19.5. The molecule has 0 saturated carbocycles. The Morgan fingerprint density at radius 1 is 0.800 bits per heavy atom. The zero-order valence-corrected chi connectivity index (χ0v) is 27.4. The van der Waals surface area contributed by atoms with Crippen molar-refractivity contribution in [1.29, 1.82) is 0 Å². The molecule has 2 rings (SSSR count). The number of carbonyl (C=O) groups is 1. The van der Waals surface area contributed by atoms with E-state index in [0.29, 0.717) is 5.70 Å². The molecule has 0 fully saturated rings. The lowest BCUT2D eigenvalue weighted by Crippen LogP contribution is -1.98. The minimum Gasteiger partial charge on any atom is -0.293 e. The summed E-state index contributed by atoms with van der Waals surface area (Å²) in [6.07, 6.45) is 11.4. The Morgan fingerprint density at radius 3 is 1.80 bits per heavy atom. The highest BCUT2D eigenvalue weighted by Crippen LogP contribution is 2.14. The van der Waals surface area contributed by atoms with Crippen LogP contribution in [0, 0.1) is 13.8 Å². The molecule has 2 aromatic carbocycles. The van der Waals surface area contributed by atoms with Crippen LogP contribution in [0.1, 0.15) is 117 Å². The number of hydrogen-bond acceptors (Lipinski definition) is 3. The Labute approximate surface area is 247 Å². The number of unbranched alkanes of at least 4 members (excludes halogenated alkanes) is 3. The van der Waals surface area contributed by atoms with Crippen molar-refractivity contribution in [3.8, 4) is 0 Å². The minimum atomic E-state index is -0.0134. The number of aliphatic imine (C=N–C) groups is 2. The van der Waals surface area contributed by atoms with Crippen molar-refractivity contribution in [3.63, 3.8) is 0 Å². The largest absolute Gasteiger partial charge is 0.293 e. The molecule has 0 aromatic heterocycles. The molecule has 0 unspecified atom stereocenters. The average molecular weight is 547 g/mol. The third-order valence-corrected chi connectivity index (χ3v) is 6.20. The molecule has 3 heteroatoms. The number of allylic oxidation sites excluding steroid dienone is 3. The zero-order valence-electron chi connectivity index (χ0n) is 27.4. The fourth-order valence-electron chi connectivity index (χ4n) is 3.46. The van der Waals surface area contributed by atoms with E-state index < -0.39 is 0 Å². The van der Waals surface area contributed by atoms with Crippen LogP contribution in [0.15, 0.2) is 87.6 Å². The molecule has 0 spiro atoms. The lowest BCUT2D eigenvalue weighted by atomic mass is 10.0. The smallest absolute Gasteiger partial charge is 0.178 e. The second-order valence-corrected chi connectivity index (χ2v) is 9.99. The second-order valence-electron chi connectivity index (χ2n) is 9.99. The summed E-state index contributed by atoms with van der Waals surface area (Å²) in [6, 6.07) is 18.7. The molecule has 2 aromatic rings. The van der Waals surface area contributed by atoms with Crippen LogP contribution in [-0.4, -0.2) is 18.2 Å². The molecule has 0 atom stereocenters. The van der Waals surface area contributed by atoms with Crippen LogP contribution < -0.4 is 0 Å². The van der Waals surface area contributed by atoms with Crippen molar-refractivity contribution < 1.29 is 4.79 Å². The molecule has 0 heterocycles. The van der Waals surface area contributed by atoms with Crippen LogP contribution in [0.4, 0.5) is 0 Å². The van der Waals surface area contributed by atoms with E-state index in [9.17, 15) is 4.79 Å². The molecule has 0 N–H and O–H groups in total. The average Bonchev–Trinajstić information content (AvgIpc) is 2.97. The maximum absolute atomic E-state index is 11.2. The van der Waals surface area contributed by atoms with Crippen molar-refractivity contribution in [3.05, 3.63) is 94.3 Å². The molecular weight excluding hydrogens is 488 g/mol. The molecule has 0 saturated heterocycles. The third-order valence-electron chi connectivity index (χ3n) is 6.20. The predicted molar refractivity (Wildman–Crippen MR) is 181 cm³/mol. The summed E-state index contributed by atoms with van der Waals surface area (Å²) >= 11 is 0. The van der Waals surface area contributed by atoms with E-state index in [1.807, 2.05) is 45.2 Å². The first-order valence-corrected chi connectivity index (χ1v) is 15.1. The van der Waals surface area contributed by atoms with Crippen LogP contribution in [0.3, 0.4) is 0 Å². The molecule has 0 aliphatic heterocycles. The van der Waals surface area contributed by atoms with Gasteiger partial charge in [-0.05, 0) is 84.6 Å². The number of aryl methyl sites for hydroxylation is 3. The maximum Gasteiger partial charge on any atom is 0.178 e. The van der Waals surface area contributed by atoms with Crippen LogP contribution in [-0.2, 0) is 11.2 Å². The lowest BCUT2D eigenvalue weighted by molar-refractivity contribution is -0.113. The molecule has 0 radical (unpaired) electrons. The normalized spacial score (nSPS) is 11.4. The van der Waals surface area contributed by atoms with Gasteiger partial charge in [0.05, 0.1) is 0 Å². The molecule has 40 heavy (non-hydrogen) atoms. The van der Waals surface area contributed by atoms with Gasteiger partial charge in [0.25, 0.3) is 0 Å². The standard InChI is InChI=1S/C14H17NO.C13H25N.C8H10.C2H6/c1-11(14(15-3)12(2)16)9-10-13-7-5-4-6-8-13;1-5-7-8-9-10-13(4)14-11-12(3)6-2;1-7-3-5-8(2)6-4-7;1-2/h4-8H,3,9-10H2,1-2H3;11H,5-10H2,1-4H3;3-6H,1-2H3;1-2H3/b14-11-;12-11+,14-13?;;. The van der Waals surface area contributed by atoms with Gasteiger partial charge in [-0.25, -0.2) is 0 Å². The first kappa shape index (κ1) is 39.1. The van der Waals surface area contributed by atoms with Crippen LogP contribution in [0.5, 0.6) is 0 Å². The van der Waals surface area contributed by atoms with E-state index >= 15 is 0 Å². The van der Waals surface area contributed by atoms with Crippen molar-refractivity contribution >= 4 is 18.2 Å². The van der Waals surface area contributed by atoms with E-state index in [1.165, 1.54) is 60.6 Å². The number of ketones is 1. The number of rotatable bonds is 12.